The molecule has 0 aliphatic heterocycles. The highest BCUT2D eigenvalue weighted by atomic mass is 16.2. The number of aromatic nitrogens is 2. The van der Waals surface area contributed by atoms with Gasteiger partial charge in [-0.2, -0.15) is 5.10 Å². The lowest BCUT2D eigenvalue weighted by Gasteiger charge is -2.26. The van der Waals surface area contributed by atoms with E-state index >= 15 is 0 Å². The van der Waals surface area contributed by atoms with E-state index < -0.39 is 11.9 Å². The molecule has 4 rings (SSSR count). The SMILES string of the molecule is CN(C(=O)c1ccccc1-c1cc(-c2ccccc2)n[nH]1)[C@@H](Cc1ccccc1)C(N)=O. The van der Waals surface area contributed by atoms with E-state index in [9.17, 15) is 9.59 Å². The van der Waals surface area contributed by atoms with E-state index in [1.807, 2.05) is 78.9 Å². The Morgan fingerprint density at radius 2 is 1.56 bits per heavy atom. The van der Waals surface area contributed by atoms with Crippen LogP contribution in [-0.2, 0) is 11.2 Å². The van der Waals surface area contributed by atoms with Crippen LogP contribution in [0.3, 0.4) is 0 Å². The summed E-state index contributed by atoms with van der Waals surface area (Å²) in [6, 6.07) is 27.8. The lowest BCUT2D eigenvalue weighted by Crippen LogP contribution is -2.47. The van der Waals surface area contributed by atoms with Crippen molar-refractivity contribution in [2.45, 2.75) is 12.5 Å². The van der Waals surface area contributed by atoms with Gasteiger partial charge in [-0.05, 0) is 17.7 Å². The molecule has 1 heterocycles. The molecule has 2 amide bonds. The summed E-state index contributed by atoms with van der Waals surface area (Å²) >= 11 is 0. The molecule has 0 aliphatic rings. The van der Waals surface area contributed by atoms with Gasteiger partial charge >= 0.3 is 0 Å². The molecule has 0 spiro atoms. The van der Waals surface area contributed by atoms with Crippen molar-refractivity contribution in [3.05, 3.63) is 102 Å². The summed E-state index contributed by atoms with van der Waals surface area (Å²) in [5, 5.41) is 7.44. The summed E-state index contributed by atoms with van der Waals surface area (Å²) in [6.45, 7) is 0. The maximum atomic E-state index is 13.4. The fourth-order valence-corrected chi connectivity index (χ4v) is 3.72. The first kappa shape index (κ1) is 21.1. The monoisotopic (exact) mass is 424 g/mol. The Morgan fingerprint density at radius 1 is 0.938 bits per heavy atom. The lowest BCUT2D eigenvalue weighted by atomic mass is 10.00. The van der Waals surface area contributed by atoms with Gasteiger partial charge in [0.1, 0.15) is 6.04 Å². The fraction of sp³-hybridized carbons (Fsp3) is 0.115. The van der Waals surface area contributed by atoms with Gasteiger partial charge in [-0.15, -0.1) is 0 Å². The average molecular weight is 425 g/mol. The lowest BCUT2D eigenvalue weighted by molar-refractivity contribution is -0.122. The molecule has 0 unspecified atom stereocenters. The molecule has 32 heavy (non-hydrogen) atoms. The van der Waals surface area contributed by atoms with Crippen molar-refractivity contribution >= 4 is 11.8 Å². The van der Waals surface area contributed by atoms with Crippen molar-refractivity contribution in [1.29, 1.82) is 0 Å². The van der Waals surface area contributed by atoms with Gasteiger partial charge in [0.05, 0.1) is 11.4 Å². The second-order valence-corrected chi connectivity index (χ2v) is 7.60. The Bertz CT molecular complexity index is 1220. The summed E-state index contributed by atoms with van der Waals surface area (Å²) in [6.07, 6.45) is 0.350. The molecule has 0 aliphatic carbocycles. The van der Waals surface area contributed by atoms with E-state index in [4.69, 9.17) is 5.73 Å². The number of carbonyl (C=O) groups excluding carboxylic acids is 2. The van der Waals surface area contributed by atoms with Gasteiger partial charge in [0.15, 0.2) is 0 Å². The van der Waals surface area contributed by atoms with E-state index in [-0.39, 0.29) is 5.91 Å². The molecular weight excluding hydrogens is 400 g/mol. The van der Waals surface area contributed by atoms with Crippen molar-refractivity contribution < 1.29 is 9.59 Å². The third-order valence-electron chi connectivity index (χ3n) is 5.48. The topological polar surface area (TPSA) is 92.1 Å². The zero-order chi connectivity index (χ0) is 22.5. The largest absolute Gasteiger partial charge is 0.368 e. The smallest absolute Gasteiger partial charge is 0.254 e. The minimum Gasteiger partial charge on any atom is -0.368 e. The van der Waals surface area contributed by atoms with Gasteiger partial charge in [0.25, 0.3) is 5.91 Å². The quantitative estimate of drug-likeness (QED) is 0.471. The zero-order valence-electron chi connectivity index (χ0n) is 17.7. The van der Waals surface area contributed by atoms with Crippen LogP contribution >= 0.6 is 0 Å². The molecule has 0 saturated carbocycles. The van der Waals surface area contributed by atoms with E-state index in [0.717, 1.165) is 22.5 Å². The number of rotatable bonds is 7. The molecule has 0 bridgehead atoms. The number of nitrogens with one attached hydrogen (secondary N) is 1. The molecule has 0 radical (unpaired) electrons. The van der Waals surface area contributed by atoms with Crippen molar-refractivity contribution in [3.8, 4) is 22.5 Å². The molecule has 0 fully saturated rings. The van der Waals surface area contributed by atoms with Crippen molar-refractivity contribution in [2.24, 2.45) is 5.73 Å². The zero-order valence-corrected chi connectivity index (χ0v) is 17.7. The van der Waals surface area contributed by atoms with Crippen LogP contribution in [-0.4, -0.2) is 40.0 Å². The van der Waals surface area contributed by atoms with Crippen LogP contribution in [0, 0.1) is 0 Å². The van der Waals surface area contributed by atoms with Gasteiger partial charge < -0.3 is 10.6 Å². The number of amides is 2. The minimum absolute atomic E-state index is 0.281. The summed E-state index contributed by atoms with van der Waals surface area (Å²) in [7, 11) is 1.61. The molecule has 1 aromatic heterocycles. The number of likely N-dealkylation sites (N-methyl/N-ethyl adjacent to an activating group) is 1. The van der Waals surface area contributed by atoms with Gasteiger partial charge in [0.2, 0.25) is 5.91 Å². The van der Waals surface area contributed by atoms with E-state index in [2.05, 4.69) is 10.2 Å². The Labute approximate surface area is 186 Å². The molecule has 1 atom stereocenters. The maximum Gasteiger partial charge on any atom is 0.254 e. The number of primary amides is 1. The van der Waals surface area contributed by atoms with Gasteiger partial charge in [0, 0.05) is 30.2 Å². The van der Waals surface area contributed by atoms with E-state index in [0.29, 0.717) is 17.5 Å². The van der Waals surface area contributed by atoms with Crippen molar-refractivity contribution in [2.75, 3.05) is 7.05 Å². The summed E-state index contributed by atoms with van der Waals surface area (Å²) in [5.41, 5.74) is 10.3. The van der Waals surface area contributed by atoms with Crippen LogP contribution in [0.5, 0.6) is 0 Å². The standard InChI is InChI=1S/C26H24N4O2/c1-30(24(25(27)31)16-18-10-4-2-5-11-18)26(32)21-15-9-8-14-20(21)23-17-22(28-29-23)19-12-6-3-7-13-19/h2-15,17,24H,16H2,1H3,(H2,27,31)(H,28,29)/t24-/m0/s1. The normalized spacial score (nSPS) is 11.7. The number of hydrogen-bond acceptors (Lipinski definition) is 3. The van der Waals surface area contributed by atoms with E-state index in [1.54, 1.807) is 19.2 Å². The number of carbonyl (C=O) groups is 2. The molecule has 0 saturated heterocycles. The number of nitrogens with two attached hydrogens (primary N) is 1. The van der Waals surface area contributed by atoms with Crippen LogP contribution in [0.1, 0.15) is 15.9 Å². The second-order valence-electron chi connectivity index (χ2n) is 7.60. The summed E-state index contributed by atoms with van der Waals surface area (Å²) in [5.74, 6) is -0.828. The first-order valence-electron chi connectivity index (χ1n) is 10.3. The van der Waals surface area contributed by atoms with Crippen LogP contribution in [0.25, 0.3) is 22.5 Å². The number of nitrogens with zero attached hydrogens (tertiary/aromatic N) is 2. The van der Waals surface area contributed by atoms with Gasteiger partial charge in [-0.3, -0.25) is 14.7 Å². The highest BCUT2D eigenvalue weighted by Gasteiger charge is 2.27. The number of hydrogen-bond donors (Lipinski definition) is 2. The maximum absolute atomic E-state index is 13.4. The molecular formula is C26H24N4O2. The Kier molecular flexibility index (Phi) is 6.12. The van der Waals surface area contributed by atoms with Gasteiger partial charge in [-0.1, -0.05) is 78.9 Å². The highest BCUT2D eigenvalue weighted by molar-refractivity contribution is 6.02. The Balaban J connectivity index is 1.63. The number of H-pyrrole nitrogens is 1. The van der Waals surface area contributed by atoms with Crippen molar-refractivity contribution in [3.63, 3.8) is 0 Å². The molecule has 3 aromatic carbocycles. The Hall–Kier alpha value is -4.19. The minimum atomic E-state index is -0.764. The molecule has 160 valence electrons. The predicted molar refractivity (Wildman–Crippen MR) is 125 cm³/mol. The predicted octanol–water partition coefficient (Wildman–Crippen LogP) is 3.91. The first-order chi connectivity index (χ1) is 15.5. The highest BCUT2D eigenvalue weighted by Crippen LogP contribution is 2.27. The van der Waals surface area contributed by atoms with Gasteiger partial charge in [-0.25, -0.2) is 0 Å². The average Bonchev–Trinajstić information content (AvgIpc) is 3.33. The molecule has 4 aromatic rings. The third kappa shape index (κ3) is 4.44. The van der Waals surface area contributed by atoms with Crippen LogP contribution < -0.4 is 5.73 Å². The summed E-state index contributed by atoms with van der Waals surface area (Å²) in [4.78, 5) is 27.1. The Morgan fingerprint density at radius 3 is 2.25 bits per heavy atom. The molecule has 6 nitrogen and oxygen atoms in total. The van der Waals surface area contributed by atoms with Crippen LogP contribution in [0.4, 0.5) is 0 Å². The van der Waals surface area contributed by atoms with E-state index in [1.165, 1.54) is 4.90 Å². The number of aromatic amines is 1. The fourth-order valence-electron chi connectivity index (χ4n) is 3.72. The first-order valence-corrected chi connectivity index (χ1v) is 10.3. The summed E-state index contributed by atoms with van der Waals surface area (Å²) < 4.78 is 0. The van der Waals surface area contributed by atoms with Crippen molar-refractivity contribution in [1.82, 2.24) is 15.1 Å². The third-order valence-corrected chi connectivity index (χ3v) is 5.48. The van der Waals surface area contributed by atoms with Crippen LogP contribution in [0.2, 0.25) is 0 Å². The second kappa shape index (κ2) is 9.31. The van der Waals surface area contributed by atoms with Crippen LogP contribution in [0.15, 0.2) is 91.0 Å². The molecule has 6 heteroatoms. The molecule has 3 N–H and O–H groups in total. The number of benzene rings is 3.